The van der Waals surface area contributed by atoms with Gasteiger partial charge in [-0.05, 0) is 41.3 Å². The van der Waals surface area contributed by atoms with Crippen molar-refractivity contribution in [3.63, 3.8) is 0 Å². The molecule has 2 amide bonds. The molecule has 0 saturated heterocycles. The predicted octanol–water partition coefficient (Wildman–Crippen LogP) is 2.81. The van der Waals surface area contributed by atoms with Crippen molar-refractivity contribution < 1.29 is 9.59 Å². The van der Waals surface area contributed by atoms with Crippen molar-refractivity contribution in [1.82, 2.24) is 15.2 Å². The molecule has 1 aliphatic heterocycles. The number of benzene rings is 2. The maximum absolute atomic E-state index is 12.5. The van der Waals surface area contributed by atoms with Gasteiger partial charge in [0.15, 0.2) is 0 Å². The monoisotopic (exact) mass is 425 g/mol. The van der Waals surface area contributed by atoms with Gasteiger partial charge < -0.3 is 10.6 Å². The van der Waals surface area contributed by atoms with Crippen molar-refractivity contribution in [3.05, 3.63) is 95.3 Å². The molecule has 4 rings (SSSR count). The second-order valence-electron chi connectivity index (χ2n) is 7.61. The van der Waals surface area contributed by atoms with Gasteiger partial charge in [0.2, 0.25) is 0 Å². The minimum atomic E-state index is -0.804. The fourth-order valence-corrected chi connectivity index (χ4v) is 3.95. The van der Waals surface area contributed by atoms with E-state index in [1.807, 2.05) is 24.3 Å². The van der Waals surface area contributed by atoms with Gasteiger partial charge in [0.1, 0.15) is 6.07 Å². The smallest absolute Gasteiger partial charge is 0.313 e. The van der Waals surface area contributed by atoms with Crippen LogP contribution in [0.4, 0.5) is 5.69 Å². The van der Waals surface area contributed by atoms with Gasteiger partial charge in [0.25, 0.3) is 0 Å². The first kappa shape index (κ1) is 21.2. The molecule has 0 spiro atoms. The van der Waals surface area contributed by atoms with Crippen LogP contribution in [0.5, 0.6) is 0 Å². The summed E-state index contributed by atoms with van der Waals surface area (Å²) in [6.07, 6.45) is 4.43. The first-order valence-corrected chi connectivity index (χ1v) is 10.4. The molecule has 2 N–H and O–H groups in total. The number of aromatic nitrogens is 1. The third-order valence-corrected chi connectivity index (χ3v) is 5.63. The van der Waals surface area contributed by atoms with Gasteiger partial charge in [0.05, 0.1) is 17.3 Å². The number of amides is 2. The van der Waals surface area contributed by atoms with Gasteiger partial charge in [-0.1, -0.05) is 42.5 Å². The second-order valence-corrected chi connectivity index (χ2v) is 7.61. The van der Waals surface area contributed by atoms with E-state index in [4.69, 9.17) is 0 Å². The molecule has 7 heteroatoms. The molecule has 1 aromatic heterocycles. The van der Waals surface area contributed by atoms with Crippen LogP contribution >= 0.6 is 0 Å². The van der Waals surface area contributed by atoms with Crippen LogP contribution in [0.25, 0.3) is 0 Å². The summed E-state index contributed by atoms with van der Waals surface area (Å²) >= 11 is 0. The van der Waals surface area contributed by atoms with E-state index in [-0.39, 0.29) is 12.6 Å². The van der Waals surface area contributed by atoms with E-state index in [9.17, 15) is 14.9 Å². The summed E-state index contributed by atoms with van der Waals surface area (Å²) in [4.78, 5) is 31.5. The molecule has 2 aromatic carbocycles. The number of para-hydroxylation sites is 1. The van der Waals surface area contributed by atoms with Gasteiger partial charge in [0, 0.05) is 32.0 Å². The van der Waals surface area contributed by atoms with Crippen LogP contribution in [0.3, 0.4) is 0 Å². The molecule has 1 atom stereocenters. The highest BCUT2D eigenvalue weighted by Gasteiger charge is 2.26. The number of carbonyl (C=O) groups is 2. The third-order valence-electron chi connectivity index (χ3n) is 5.63. The Morgan fingerprint density at radius 3 is 2.59 bits per heavy atom. The number of nitrogens with zero attached hydrogens (tertiary/aromatic N) is 3. The zero-order valence-electron chi connectivity index (χ0n) is 17.5. The van der Waals surface area contributed by atoms with Gasteiger partial charge in [-0.15, -0.1) is 0 Å². The summed E-state index contributed by atoms with van der Waals surface area (Å²) in [5, 5.41) is 14.4. The minimum Gasteiger partial charge on any atom is -0.346 e. The van der Waals surface area contributed by atoms with E-state index in [1.54, 1.807) is 36.7 Å². The van der Waals surface area contributed by atoms with Crippen molar-refractivity contribution >= 4 is 17.5 Å². The Balaban J connectivity index is 1.46. The lowest BCUT2D eigenvalue weighted by Gasteiger charge is -2.35. The van der Waals surface area contributed by atoms with E-state index in [0.717, 1.165) is 25.1 Å². The molecule has 0 bridgehead atoms. The zero-order chi connectivity index (χ0) is 22.3. The first-order valence-electron chi connectivity index (χ1n) is 10.4. The predicted molar refractivity (Wildman–Crippen MR) is 120 cm³/mol. The molecule has 32 heavy (non-hydrogen) atoms. The van der Waals surface area contributed by atoms with E-state index >= 15 is 0 Å². The van der Waals surface area contributed by atoms with Gasteiger partial charge in [-0.25, -0.2) is 0 Å². The van der Waals surface area contributed by atoms with Crippen LogP contribution in [0.1, 0.15) is 28.3 Å². The molecular weight excluding hydrogens is 402 g/mol. The molecule has 7 nitrogen and oxygen atoms in total. The molecular formula is C25H23N5O2. The van der Waals surface area contributed by atoms with Crippen molar-refractivity contribution in [3.8, 4) is 6.07 Å². The maximum Gasteiger partial charge on any atom is 0.313 e. The molecule has 160 valence electrons. The third kappa shape index (κ3) is 4.82. The van der Waals surface area contributed by atoms with Gasteiger partial charge in [-0.2, -0.15) is 5.26 Å². The number of rotatable bonds is 5. The number of carbonyl (C=O) groups excluding carboxylic acids is 2. The van der Waals surface area contributed by atoms with Crippen LogP contribution < -0.4 is 10.6 Å². The Morgan fingerprint density at radius 1 is 1.03 bits per heavy atom. The van der Waals surface area contributed by atoms with Crippen LogP contribution in [0.15, 0.2) is 73.1 Å². The molecule has 0 radical (unpaired) electrons. The Labute approximate surface area is 186 Å². The zero-order valence-corrected chi connectivity index (χ0v) is 17.5. The van der Waals surface area contributed by atoms with E-state index in [0.29, 0.717) is 11.3 Å². The number of nitrogens with one attached hydrogen (secondary N) is 2. The van der Waals surface area contributed by atoms with Crippen LogP contribution in [0.2, 0.25) is 0 Å². The topological polar surface area (TPSA) is 98.1 Å². The number of nitriles is 1. The number of hydrogen-bond acceptors (Lipinski definition) is 5. The van der Waals surface area contributed by atoms with Crippen LogP contribution in [-0.2, 0) is 22.6 Å². The fraction of sp³-hybridized carbons (Fsp3) is 0.200. The Bertz CT molecular complexity index is 1160. The molecule has 1 unspecified atom stereocenters. The summed E-state index contributed by atoms with van der Waals surface area (Å²) in [7, 11) is 0. The summed E-state index contributed by atoms with van der Waals surface area (Å²) in [5.74, 6) is -1.55. The highest BCUT2D eigenvalue weighted by molar-refractivity contribution is 6.39. The maximum atomic E-state index is 12.5. The Kier molecular flexibility index (Phi) is 6.54. The largest absolute Gasteiger partial charge is 0.346 e. The van der Waals surface area contributed by atoms with E-state index in [1.165, 1.54) is 11.1 Å². The number of fused-ring (bicyclic) bond motifs is 1. The molecule has 0 saturated carbocycles. The molecule has 2 heterocycles. The highest BCUT2D eigenvalue weighted by Crippen LogP contribution is 2.27. The number of anilines is 1. The van der Waals surface area contributed by atoms with Crippen LogP contribution in [-0.4, -0.2) is 34.8 Å². The standard InChI is InChI=1S/C25H23N5O2/c26-14-19-7-3-4-10-22(19)29-25(32)24(31)28-16-23(20-9-5-12-27-15-20)30-13-11-18-6-1-2-8-21(18)17-30/h1-10,12,15,23H,11,13,16-17H2,(H,28,31)(H,29,32). The van der Waals surface area contributed by atoms with Crippen LogP contribution in [0, 0.1) is 11.3 Å². The van der Waals surface area contributed by atoms with Crippen molar-refractivity contribution in [2.75, 3.05) is 18.4 Å². The van der Waals surface area contributed by atoms with E-state index < -0.39 is 11.8 Å². The lowest BCUT2D eigenvalue weighted by Crippen LogP contribution is -2.43. The quantitative estimate of drug-likeness (QED) is 0.613. The fourth-order valence-electron chi connectivity index (χ4n) is 3.95. The first-order chi connectivity index (χ1) is 15.7. The normalized spacial score (nSPS) is 14.0. The average Bonchev–Trinajstić information content (AvgIpc) is 2.85. The lowest BCUT2D eigenvalue weighted by atomic mass is 9.97. The van der Waals surface area contributed by atoms with Gasteiger partial charge >= 0.3 is 11.8 Å². The Morgan fingerprint density at radius 2 is 1.81 bits per heavy atom. The second kappa shape index (κ2) is 9.86. The van der Waals surface area contributed by atoms with Crippen molar-refractivity contribution in [1.29, 1.82) is 5.26 Å². The molecule has 0 aliphatic carbocycles. The van der Waals surface area contributed by atoms with Crippen molar-refractivity contribution in [2.24, 2.45) is 0 Å². The molecule has 3 aromatic rings. The highest BCUT2D eigenvalue weighted by atomic mass is 16.2. The number of hydrogen-bond donors (Lipinski definition) is 2. The molecule has 0 fully saturated rings. The summed E-state index contributed by atoms with van der Waals surface area (Å²) in [6, 6.07) is 20.7. The van der Waals surface area contributed by atoms with E-state index in [2.05, 4.69) is 38.7 Å². The SMILES string of the molecule is N#Cc1ccccc1NC(=O)C(=O)NCC(c1cccnc1)N1CCc2ccccc2C1. The number of pyridine rings is 1. The van der Waals surface area contributed by atoms with Gasteiger partial charge in [-0.3, -0.25) is 19.5 Å². The molecule has 1 aliphatic rings. The minimum absolute atomic E-state index is 0.125. The summed E-state index contributed by atoms with van der Waals surface area (Å²) < 4.78 is 0. The average molecular weight is 425 g/mol. The Hall–Kier alpha value is -4.02. The summed E-state index contributed by atoms with van der Waals surface area (Å²) in [6.45, 7) is 1.86. The van der Waals surface area contributed by atoms with Crippen molar-refractivity contribution in [2.45, 2.75) is 19.0 Å². The lowest BCUT2D eigenvalue weighted by molar-refractivity contribution is -0.136. The summed E-state index contributed by atoms with van der Waals surface area (Å²) in [5.41, 5.74) is 4.20.